The molecule has 2 aliphatic rings. The van der Waals surface area contributed by atoms with Crippen molar-refractivity contribution in [2.75, 3.05) is 7.11 Å². The molecule has 1 atom stereocenters. The third-order valence-corrected chi connectivity index (χ3v) is 6.76. The third kappa shape index (κ3) is 3.59. The molecule has 0 amide bonds. The zero-order chi connectivity index (χ0) is 19.7. The molecule has 0 radical (unpaired) electrons. The highest BCUT2D eigenvalue weighted by Gasteiger charge is 2.31. The standard InChI is InChI=1S/C21H17NO4S2/c1-26-17-10-9-15(23)18-16(24)11-13(27-19(17)18)7-8-14-21(25)28-20(22-14)12-5-3-2-4-6-12/h2-6,8-10,13,23H,7,11H2,1H3. The number of fused-ring (bicyclic) bond motifs is 1. The van der Waals surface area contributed by atoms with Gasteiger partial charge in [0.2, 0.25) is 5.12 Å². The van der Waals surface area contributed by atoms with Crippen molar-refractivity contribution < 1.29 is 19.4 Å². The number of phenols is 1. The SMILES string of the molecule is COc1ccc(O)c2c1SC(CC=C1N=C(c3ccccc3)SC1=O)CC2=O. The lowest BCUT2D eigenvalue weighted by Crippen LogP contribution is -2.18. The fourth-order valence-corrected chi connectivity index (χ4v) is 5.31. The lowest BCUT2D eigenvalue weighted by Gasteiger charge is -2.24. The van der Waals surface area contributed by atoms with Crippen LogP contribution in [-0.4, -0.2) is 33.4 Å². The predicted octanol–water partition coefficient (Wildman–Crippen LogP) is 4.44. The molecule has 7 heteroatoms. The van der Waals surface area contributed by atoms with Crippen LogP contribution in [0.25, 0.3) is 0 Å². The Morgan fingerprint density at radius 1 is 1.21 bits per heavy atom. The Morgan fingerprint density at radius 2 is 2.00 bits per heavy atom. The van der Waals surface area contributed by atoms with Crippen LogP contribution in [0, 0.1) is 0 Å². The van der Waals surface area contributed by atoms with Crippen molar-refractivity contribution in [3.8, 4) is 11.5 Å². The van der Waals surface area contributed by atoms with Crippen molar-refractivity contribution in [1.82, 2.24) is 0 Å². The van der Waals surface area contributed by atoms with E-state index in [-0.39, 0.29) is 21.9 Å². The monoisotopic (exact) mass is 411 g/mol. The van der Waals surface area contributed by atoms with Crippen LogP contribution in [0.15, 0.2) is 64.1 Å². The second-order valence-electron chi connectivity index (χ2n) is 6.36. The van der Waals surface area contributed by atoms with E-state index in [1.54, 1.807) is 12.1 Å². The van der Waals surface area contributed by atoms with Crippen molar-refractivity contribution in [2.45, 2.75) is 23.0 Å². The summed E-state index contributed by atoms with van der Waals surface area (Å²) >= 11 is 2.62. The molecule has 1 N–H and O–H groups in total. The molecule has 2 heterocycles. The van der Waals surface area contributed by atoms with Gasteiger partial charge in [0.1, 0.15) is 22.2 Å². The van der Waals surface area contributed by atoms with E-state index in [9.17, 15) is 14.7 Å². The number of carbonyl (C=O) groups is 2. The van der Waals surface area contributed by atoms with Gasteiger partial charge in [0.25, 0.3) is 0 Å². The average Bonchev–Trinajstić information content (AvgIpc) is 3.08. The topological polar surface area (TPSA) is 76.0 Å². The Morgan fingerprint density at radius 3 is 2.75 bits per heavy atom. The summed E-state index contributed by atoms with van der Waals surface area (Å²) in [4.78, 5) is 29.9. The predicted molar refractivity (Wildman–Crippen MR) is 112 cm³/mol. The maximum atomic E-state index is 12.5. The van der Waals surface area contributed by atoms with Gasteiger partial charge in [-0.3, -0.25) is 9.59 Å². The summed E-state index contributed by atoms with van der Waals surface area (Å²) in [6.07, 6.45) is 2.62. The molecule has 0 bridgehead atoms. The maximum Gasteiger partial charge on any atom is 0.243 e. The van der Waals surface area contributed by atoms with E-state index < -0.39 is 0 Å². The molecule has 5 nitrogen and oxygen atoms in total. The Kier molecular flexibility index (Phi) is 5.28. The van der Waals surface area contributed by atoms with Gasteiger partial charge >= 0.3 is 0 Å². The molecule has 0 saturated heterocycles. The number of phenolic OH excluding ortho intramolecular Hbond substituents is 1. The molecule has 0 saturated carbocycles. The van der Waals surface area contributed by atoms with Crippen molar-refractivity contribution in [1.29, 1.82) is 0 Å². The van der Waals surface area contributed by atoms with Gasteiger partial charge in [0, 0.05) is 17.2 Å². The average molecular weight is 412 g/mol. The van der Waals surface area contributed by atoms with E-state index >= 15 is 0 Å². The van der Waals surface area contributed by atoms with Crippen LogP contribution in [0.3, 0.4) is 0 Å². The molecule has 2 aliphatic heterocycles. The first kappa shape index (κ1) is 18.8. The fourth-order valence-electron chi connectivity index (χ4n) is 3.14. The number of Topliss-reactive ketones (excluding diaryl/α,β-unsaturated/α-hetero) is 1. The minimum Gasteiger partial charge on any atom is -0.507 e. The fraction of sp³-hybridized carbons (Fsp3) is 0.190. The molecule has 142 valence electrons. The van der Waals surface area contributed by atoms with E-state index in [2.05, 4.69) is 4.99 Å². The largest absolute Gasteiger partial charge is 0.507 e. The Labute approximate surface area is 170 Å². The summed E-state index contributed by atoms with van der Waals surface area (Å²) in [5.41, 5.74) is 1.66. The van der Waals surface area contributed by atoms with E-state index in [0.29, 0.717) is 39.8 Å². The third-order valence-electron chi connectivity index (χ3n) is 4.51. The number of aliphatic imine (C=N–C) groups is 1. The van der Waals surface area contributed by atoms with Crippen LogP contribution in [0.2, 0.25) is 0 Å². The number of ether oxygens (including phenoxy) is 1. The van der Waals surface area contributed by atoms with E-state index in [1.165, 1.54) is 24.9 Å². The van der Waals surface area contributed by atoms with Crippen LogP contribution in [0.4, 0.5) is 0 Å². The van der Waals surface area contributed by atoms with Crippen LogP contribution in [-0.2, 0) is 4.79 Å². The van der Waals surface area contributed by atoms with Gasteiger partial charge in [0.15, 0.2) is 5.78 Å². The molecular formula is C21H17NO4S2. The number of nitrogens with zero attached hydrogens (tertiary/aromatic N) is 1. The zero-order valence-corrected chi connectivity index (χ0v) is 16.7. The van der Waals surface area contributed by atoms with Gasteiger partial charge in [-0.05, 0) is 30.3 Å². The zero-order valence-electron chi connectivity index (χ0n) is 15.0. The smallest absolute Gasteiger partial charge is 0.243 e. The Bertz CT molecular complexity index is 1010. The van der Waals surface area contributed by atoms with Gasteiger partial charge in [-0.2, -0.15) is 0 Å². The summed E-state index contributed by atoms with van der Waals surface area (Å²) in [5, 5.41) is 10.6. The van der Waals surface area contributed by atoms with Crippen LogP contribution in [0.1, 0.15) is 28.8 Å². The van der Waals surface area contributed by atoms with Gasteiger partial charge in [-0.25, -0.2) is 4.99 Å². The summed E-state index contributed by atoms with van der Waals surface area (Å²) in [6, 6.07) is 12.7. The number of thioether (sulfide) groups is 2. The molecule has 4 rings (SSSR count). The number of ketones is 1. The number of benzene rings is 2. The number of hydrogen-bond acceptors (Lipinski definition) is 7. The van der Waals surface area contributed by atoms with Gasteiger partial charge in [-0.15, -0.1) is 11.8 Å². The lowest BCUT2D eigenvalue weighted by atomic mass is 10.0. The van der Waals surface area contributed by atoms with Gasteiger partial charge in [0.05, 0.1) is 17.6 Å². The quantitative estimate of drug-likeness (QED) is 0.750. The van der Waals surface area contributed by atoms with Crippen LogP contribution in [0.5, 0.6) is 11.5 Å². The van der Waals surface area contributed by atoms with Crippen molar-refractivity contribution >= 4 is 39.5 Å². The summed E-state index contributed by atoms with van der Waals surface area (Å²) < 4.78 is 5.34. The number of aromatic hydroxyl groups is 1. The Balaban J connectivity index is 1.54. The Hall–Kier alpha value is -2.51. The van der Waals surface area contributed by atoms with E-state index in [0.717, 1.165) is 17.3 Å². The summed E-state index contributed by atoms with van der Waals surface area (Å²) in [5.74, 6) is 0.430. The number of carbonyl (C=O) groups excluding carboxylic acids is 2. The van der Waals surface area contributed by atoms with Gasteiger partial charge in [-0.1, -0.05) is 36.4 Å². The van der Waals surface area contributed by atoms with Crippen molar-refractivity contribution in [3.05, 3.63) is 65.4 Å². The minimum atomic E-state index is -0.117. The first-order chi connectivity index (χ1) is 13.6. The molecule has 2 aromatic carbocycles. The molecule has 1 unspecified atom stereocenters. The molecule has 28 heavy (non-hydrogen) atoms. The molecule has 0 spiro atoms. The first-order valence-electron chi connectivity index (χ1n) is 8.73. The van der Waals surface area contributed by atoms with Gasteiger partial charge < -0.3 is 9.84 Å². The normalized spacial score (nSPS) is 20.2. The lowest BCUT2D eigenvalue weighted by molar-refractivity contribution is -0.107. The van der Waals surface area contributed by atoms with E-state index in [1.807, 2.05) is 30.3 Å². The highest BCUT2D eigenvalue weighted by molar-refractivity contribution is 8.27. The maximum absolute atomic E-state index is 12.5. The number of hydrogen-bond donors (Lipinski definition) is 1. The van der Waals surface area contributed by atoms with Crippen LogP contribution >= 0.6 is 23.5 Å². The first-order valence-corrected chi connectivity index (χ1v) is 10.4. The highest BCUT2D eigenvalue weighted by Crippen LogP contribution is 2.46. The number of methoxy groups -OCH3 is 1. The number of rotatable bonds is 4. The van der Waals surface area contributed by atoms with Crippen molar-refractivity contribution in [2.24, 2.45) is 4.99 Å². The molecule has 0 aliphatic carbocycles. The second kappa shape index (κ2) is 7.85. The molecule has 2 aromatic rings. The minimum absolute atomic E-state index is 0.0235. The molecule has 0 aromatic heterocycles. The van der Waals surface area contributed by atoms with E-state index in [4.69, 9.17) is 4.74 Å². The molecule has 0 fully saturated rings. The molecular weight excluding hydrogens is 394 g/mol. The second-order valence-corrected chi connectivity index (χ2v) is 8.63. The van der Waals surface area contributed by atoms with Crippen LogP contribution < -0.4 is 4.74 Å². The summed E-state index contributed by atoms with van der Waals surface area (Å²) in [6.45, 7) is 0. The highest BCUT2D eigenvalue weighted by atomic mass is 32.2. The van der Waals surface area contributed by atoms with Crippen molar-refractivity contribution in [3.63, 3.8) is 0 Å². The summed E-state index contributed by atoms with van der Waals surface area (Å²) in [7, 11) is 1.54. The number of allylic oxidation sites excluding steroid dienone is 1.